The standard InChI is InChI=1S/C14H18N2OS2/c1-11(2)16(12-6-4-3-5-7-12)13(17)10-19-14-15-8-9-18-14/h3-7,11H,8-10H2,1-2H3. The summed E-state index contributed by atoms with van der Waals surface area (Å²) >= 11 is 3.30. The second kappa shape index (κ2) is 7.01. The van der Waals surface area contributed by atoms with Crippen molar-refractivity contribution in [1.29, 1.82) is 0 Å². The number of amides is 1. The van der Waals surface area contributed by atoms with E-state index in [4.69, 9.17) is 0 Å². The van der Waals surface area contributed by atoms with Crippen molar-refractivity contribution in [3.63, 3.8) is 0 Å². The Labute approximate surface area is 122 Å². The molecule has 3 nitrogen and oxygen atoms in total. The number of thioether (sulfide) groups is 2. The van der Waals surface area contributed by atoms with Gasteiger partial charge in [0.25, 0.3) is 0 Å². The Hall–Kier alpha value is -0.940. The number of aliphatic imine (C=N–C) groups is 1. The fraction of sp³-hybridized carbons (Fsp3) is 0.429. The number of carbonyl (C=O) groups is 1. The lowest BCUT2D eigenvalue weighted by molar-refractivity contribution is -0.116. The lowest BCUT2D eigenvalue weighted by Gasteiger charge is -2.26. The van der Waals surface area contributed by atoms with E-state index >= 15 is 0 Å². The van der Waals surface area contributed by atoms with E-state index in [-0.39, 0.29) is 11.9 Å². The maximum absolute atomic E-state index is 12.4. The Morgan fingerprint density at radius 2 is 2.16 bits per heavy atom. The summed E-state index contributed by atoms with van der Waals surface area (Å²) in [4.78, 5) is 18.6. The second-order valence-corrected chi connectivity index (χ2v) is 6.78. The molecule has 19 heavy (non-hydrogen) atoms. The Balaban J connectivity index is 2.00. The normalized spacial score (nSPS) is 14.6. The predicted molar refractivity (Wildman–Crippen MR) is 86.3 cm³/mol. The summed E-state index contributed by atoms with van der Waals surface area (Å²) in [5.74, 6) is 1.64. The third-order valence-corrected chi connectivity index (χ3v) is 4.93. The number of anilines is 1. The minimum absolute atomic E-state index is 0.140. The molecule has 0 aliphatic carbocycles. The van der Waals surface area contributed by atoms with Gasteiger partial charge in [0.05, 0.1) is 12.3 Å². The van der Waals surface area contributed by atoms with Gasteiger partial charge in [-0.25, -0.2) is 0 Å². The fourth-order valence-electron chi connectivity index (χ4n) is 1.91. The van der Waals surface area contributed by atoms with Crippen molar-refractivity contribution in [2.24, 2.45) is 4.99 Å². The summed E-state index contributed by atoms with van der Waals surface area (Å²) < 4.78 is 1.05. The van der Waals surface area contributed by atoms with Gasteiger partial charge in [0.2, 0.25) is 5.91 Å². The molecule has 1 aromatic carbocycles. The molecule has 0 atom stereocenters. The first-order valence-electron chi connectivity index (χ1n) is 6.35. The molecule has 1 aliphatic rings. The molecule has 0 saturated heterocycles. The van der Waals surface area contributed by atoms with Crippen LogP contribution < -0.4 is 4.90 Å². The first kappa shape index (κ1) is 14.5. The average Bonchev–Trinajstić information content (AvgIpc) is 2.90. The first-order chi connectivity index (χ1) is 9.18. The van der Waals surface area contributed by atoms with Crippen molar-refractivity contribution in [1.82, 2.24) is 0 Å². The summed E-state index contributed by atoms with van der Waals surface area (Å²) in [6, 6.07) is 10.00. The van der Waals surface area contributed by atoms with E-state index < -0.39 is 0 Å². The van der Waals surface area contributed by atoms with Gasteiger partial charge in [-0.05, 0) is 26.0 Å². The molecule has 0 spiro atoms. The van der Waals surface area contributed by atoms with Gasteiger partial charge in [0, 0.05) is 17.5 Å². The highest BCUT2D eigenvalue weighted by atomic mass is 32.2. The average molecular weight is 294 g/mol. The van der Waals surface area contributed by atoms with E-state index in [0.717, 1.165) is 22.4 Å². The highest BCUT2D eigenvalue weighted by Crippen LogP contribution is 2.24. The van der Waals surface area contributed by atoms with Crippen LogP contribution in [-0.2, 0) is 4.79 Å². The largest absolute Gasteiger partial charge is 0.309 e. The van der Waals surface area contributed by atoms with Crippen molar-refractivity contribution >= 4 is 39.5 Å². The van der Waals surface area contributed by atoms with Crippen LogP contribution in [0.25, 0.3) is 0 Å². The van der Waals surface area contributed by atoms with Crippen molar-refractivity contribution < 1.29 is 4.79 Å². The lowest BCUT2D eigenvalue weighted by Crippen LogP contribution is -2.38. The van der Waals surface area contributed by atoms with E-state index in [9.17, 15) is 4.79 Å². The molecule has 1 aliphatic heterocycles. The fourth-order valence-corrected chi connectivity index (χ4v) is 3.78. The zero-order valence-electron chi connectivity index (χ0n) is 11.2. The Bertz CT molecular complexity index is 460. The Morgan fingerprint density at radius 3 is 2.74 bits per heavy atom. The number of rotatable bonds is 4. The van der Waals surface area contributed by atoms with Gasteiger partial charge in [0.1, 0.15) is 4.38 Å². The molecule has 2 rings (SSSR count). The number of hydrogen-bond donors (Lipinski definition) is 0. The van der Waals surface area contributed by atoms with Crippen LogP contribution in [0, 0.1) is 0 Å². The summed E-state index contributed by atoms with van der Waals surface area (Å²) in [5.41, 5.74) is 0.962. The van der Waals surface area contributed by atoms with Crippen LogP contribution in [0.1, 0.15) is 13.8 Å². The molecule has 0 aromatic heterocycles. The second-order valence-electron chi connectivity index (χ2n) is 4.48. The van der Waals surface area contributed by atoms with E-state index in [1.165, 1.54) is 0 Å². The highest BCUT2D eigenvalue weighted by Gasteiger charge is 2.20. The van der Waals surface area contributed by atoms with Crippen molar-refractivity contribution in [2.75, 3.05) is 23.0 Å². The minimum atomic E-state index is 0.140. The molecule has 1 heterocycles. The van der Waals surface area contributed by atoms with Crippen LogP contribution in [0.2, 0.25) is 0 Å². The van der Waals surface area contributed by atoms with Crippen LogP contribution in [0.15, 0.2) is 35.3 Å². The molecular formula is C14H18N2OS2. The molecule has 0 bridgehead atoms. The third-order valence-electron chi connectivity index (χ3n) is 2.70. The van der Waals surface area contributed by atoms with Crippen molar-refractivity contribution in [3.05, 3.63) is 30.3 Å². The number of benzene rings is 1. The smallest absolute Gasteiger partial charge is 0.237 e. The van der Waals surface area contributed by atoms with Gasteiger partial charge in [-0.15, -0.1) is 0 Å². The third kappa shape index (κ3) is 4.01. The molecule has 0 fully saturated rings. The summed E-state index contributed by atoms with van der Waals surface area (Å²) in [7, 11) is 0. The minimum Gasteiger partial charge on any atom is -0.309 e. The highest BCUT2D eigenvalue weighted by molar-refractivity contribution is 8.39. The van der Waals surface area contributed by atoms with Gasteiger partial charge in [-0.1, -0.05) is 41.7 Å². The van der Waals surface area contributed by atoms with Gasteiger partial charge >= 0.3 is 0 Å². The monoisotopic (exact) mass is 294 g/mol. The molecule has 0 radical (unpaired) electrons. The van der Waals surface area contributed by atoms with Gasteiger partial charge in [-0.3, -0.25) is 9.79 Å². The maximum Gasteiger partial charge on any atom is 0.237 e. The van der Waals surface area contributed by atoms with Crippen LogP contribution in [0.5, 0.6) is 0 Å². The quantitative estimate of drug-likeness (QED) is 0.854. The lowest BCUT2D eigenvalue weighted by atomic mass is 10.2. The number of para-hydroxylation sites is 1. The molecule has 0 N–H and O–H groups in total. The predicted octanol–water partition coefficient (Wildman–Crippen LogP) is 3.26. The van der Waals surface area contributed by atoms with Gasteiger partial charge < -0.3 is 4.90 Å². The van der Waals surface area contributed by atoms with Crippen LogP contribution in [0.4, 0.5) is 5.69 Å². The van der Waals surface area contributed by atoms with Crippen molar-refractivity contribution in [2.45, 2.75) is 19.9 Å². The van der Waals surface area contributed by atoms with Crippen LogP contribution in [-0.4, -0.2) is 34.4 Å². The Morgan fingerprint density at radius 1 is 1.42 bits per heavy atom. The molecule has 102 valence electrons. The maximum atomic E-state index is 12.4. The van der Waals surface area contributed by atoms with Crippen LogP contribution in [0.3, 0.4) is 0 Å². The topological polar surface area (TPSA) is 32.7 Å². The van der Waals surface area contributed by atoms with Gasteiger partial charge in [0.15, 0.2) is 0 Å². The number of carbonyl (C=O) groups excluding carboxylic acids is 1. The van der Waals surface area contributed by atoms with Crippen LogP contribution >= 0.6 is 23.5 Å². The number of hydrogen-bond acceptors (Lipinski definition) is 4. The SMILES string of the molecule is CC(C)N(C(=O)CSC1=NCCS1)c1ccccc1. The van der Waals surface area contributed by atoms with Crippen molar-refractivity contribution in [3.8, 4) is 0 Å². The summed E-state index contributed by atoms with van der Waals surface area (Å²) in [6.45, 7) is 4.96. The molecule has 0 saturated carbocycles. The van der Waals surface area contributed by atoms with E-state index in [0.29, 0.717) is 5.75 Å². The molecule has 1 amide bonds. The van der Waals surface area contributed by atoms with E-state index in [1.807, 2.05) is 49.1 Å². The number of nitrogens with zero attached hydrogens (tertiary/aromatic N) is 2. The van der Waals surface area contributed by atoms with Gasteiger partial charge in [-0.2, -0.15) is 0 Å². The molecule has 5 heteroatoms. The van der Waals surface area contributed by atoms with E-state index in [2.05, 4.69) is 4.99 Å². The summed E-state index contributed by atoms with van der Waals surface area (Å²) in [6.07, 6.45) is 0. The molecule has 1 aromatic rings. The first-order valence-corrected chi connectivity index (χ1v) is 8.33. The zero-order valence-corrected chi connectivity index (χ0v) is 12.8. The molecular weight excluding hydrogens is 276 g/mol. The molecule has 0 unspecified atom stereocenters. The zero-order chi connectivity index (χ0) is 13.7. The Kier molecular flexibility index (Phi) is 5.34. The van der Waals surface area contributed by atoms with E-state index in [1.54, 1.807) is 23.5 Å². The summed E-state index contributed by atoms with van der Waals surface area (Å²) in [5, 5.41) is 0.